The summed E-state index contributed by atoms with van der Waals surface area (Å²) >= 11 is 1.85. The van der Waals surface area contributed by atoms with Gasteiger partial charge in [0, 0.05) is 10.5 Å². The first-order valence-electron chi connectivity index (χ1n) is 4.98. The SMILES string of the molecule is CCCCSc1ccc(C(C)=O)cc1. The summed E-state index contributed by atoms with van der Waals surface area (Å²) in [6, 6.07) is 7.85. The Hall–Kier alpha value is -0.760. The second-order valence-corrected chi connectivity index (χ2v) is 4.45. The van der Waals surface area contributed by atoms with E-state index in [1.54, 1.807) is 6.92 Å². The van der Waals surface area contributed by atoms with E-state index < -0.39 is 0 Å². The van der Waals surface area contributed by atoms with Crippen molar-refractivity contribution in [1.29, 1.82) is 0 Å². The van der Waals surface area contributed by atoms with E-state index in [0.29, 0.717) is 0 Å². The van der Waals surface area contributed by atoms with E-state index in [2.05, 4.69) is 6.92 Å². The second-order valence-electron chi connectivity index (χ2n) is 3.28. The Morgan fingerprint density at radius 3 is 2.43 bits per heavy atom. The maximum absolute atomic E-state index is 11.0. The van der Waals surface area contributed by atoms with Crippen LogP contribution in [0, 0.1) is 0 Å². The summed E-state index contributed by atoms with van der Waals surface area (Å²) in [7, 11) is 0. The van der Waals surface area contributed by atoms with E-state index in [4.69, 9.17) is 0 Å². The Balaban J connectivity index is 2.51. The number of Topliss-reactive ketones (excluding diaryl/α,β-unsaturated/α-hetero) is 1. The van der Waals surface area contributed by atoms with Crippen LogP contribution in [-0.2, 0) is 0 Å². The average Bonchev–Trinajstić information content (AvgIpc) is 2.19. The van der Waals surface area contributed by atoms with Gasteiger partial charge in [-0.3, -0.25) is 4.79 Å². The third-order valence-corrected chi connectivity index (χ3v) is 3.13. The van der Waals surface area contributed by atoms with Crippen LogP contribution < -0.4 is 0 Å². The summed E-state index contributed by atoms with van der Waals surface area (Å²) in [5.74, 6) is 1.30. The van der Waals surface area contributed by atoms with Crippen molar-refractivity contribution >= 4 is 17.5 Å². The molecule has 14 heavy (non-hydrogen) atoms. The van der Waals surface area contributed by atoms with Gasteiger partial charge in [0.25, 0.3) is 0 Å². The Kier molecular flexibility index (Phi) is 4.74. The van der Waals surface area contributed by atoms with Crippen molar-refractivity contribution in [3.8, 4) is 0 Å². The number of unbranched alkanes of at least 4 members (excludes halogenated alkanes) is 1. The fourth-order valence-corrected chi connectivity index (χ4v) is 2.12. The number of hydrogen-bond acceptors (Lipinski definition) is 2. The molecule has 0 spiro atoms. The molecule has 0 N–H and O–H groups in total. The van der Waals surface area contributed by atoms with E-state index in [1.807, 2.05) is 36.0 Å². The topological polar surface area (TPSA) is 17.1 Å². The lowest BCUT2D eigenvalue weighted by Gasteiger charge is -2.01. The molecule has 2 heteroatoms. The predicted molar refractivity (Wildman–Crippen MR) is 62.1 cm³/mol. The van der Waals surface area contributed by atoms with Gasteiger partial charge in [-0.1, -0.05) is 25.5 Å². The summed E-state index contributed by atoms with van der Waals surface area (Å²) in [4.78, 5) is 12.3. The van der Waals surface area contributed by atoms with Crippen molar-refractivity contribution in [1.82, 2.24) is 0 Å². The van der Waals surface area contributed by atoms with Gasteiger partial charge in [-0.05, 0) is 31.2 Å². The first-order valence-corrected chi connectivity index (χ1v) is 5.96. The Bertz CT molecular complexity index is 290. The van der Waals surface area contributed by atoms with Gasteiger partial charge in [0.15, 0.2) is 5.78 Å². The molecule has 0 heterocycles. The number of thioether (sulfide) groups is 1. The molecule has 76 valence electrons. The smallest absolute Gasteiger partial charge is 0.159 e. The molecule has 0 atom stereocenters. The molecule has 0 amide bonds. The van der Waals surface area contributed by atoms with Crippen molar-refractivity contribution < 1.29 is 4.79 Å². The number of ketones is 1. The van der Waals surface area contributed by atoms with Crippen molar-refractivity contribution in [2.24, 2.45) is 0 Å². The maximum atomic E-state index is 11.0. The van der Waals surface area contributed by atoms with Crippen molar-refractivity contribution in [3.63, 3.8) is 0 Å². The average molecular weight is 208 g/mol. The summed E-state index contributed by atoms with van der Waals surface area (Å²) in [6.07, 6.45) is 2.48. The molecule has 1 nitrogen and oxygen atoms in total. The lowest BCUT2D eigenvalue weighted by Crippen LogP contribution is -1.90. The Morgan fingerprint density at radius 2 is 1.93 bits per heavy atom. The number of carbonyl (C=O) groups is 1. The lowest BCUT2D eigenvalue weighted by atomic mass is 10.2. The molecule has 0 aliphatic heterocycles. The zero-order valence-electron chi connectivity index (χ0n) is 8.75. The van der Waals surface area contributed by atoms with Crippen LogP contribution in [0.15, 0.2) is 29.2 Å². The Labute approximate surface area is 89.9 Å². The van der Waals surface area contributed by atoms with E-state index in [0.717, 1.165) is 11.3 Å². The molecule has 0 radical (unpaired) electrons. The minimum absolute atomic E-state index is 0.134. The first kappa shape index (κ1) is 11.3. The molecular weight excluding hydrogens is 192 g/mol. The van der Waals surface area contributed by atoms with E-state index in [1.165, 1.54) is 17.7 Å². The minimum Gasteiger partial charge on any atom is -0.295 e. The molecule has 1 rings (SSSR count). The molecule has 0 aromatic heterocycles. The van der Waals surface area contributed by atoms with Gasteiger partial charge in [-0.2, -0.15) is 0 Å². The van der Waals surface area contributed by atoms with E-state index in [9.17, 15) is 4.79 Å². The molecule has 0 unspecified atom stereocenters. The standard InChI is InChI=1S/C12H16OS/c1-3-4-9-14-12-7-5-11(6-8-12)10(2)13/h5-8H,3-4,9H2,1-2H3. The zero-order chi connectivity index (χ0) is 10.4. The highest BCUT2D eigenvalue weighted by Gasteiger charge is 1.98. The third-order valence-electron chi connectivity index (χ3n) is 2.03. The summed E-state index contributed by atoms with van der Waals surface area (Å²) in [5, 5.41) is 0. The van der Waals surface area contributed by atoms with Gasteiger partial charge in [-0.25, -0.2) is 0 Å². The molecule has 0 fully saturated rings. The van der Waals surface area contributed by atoms with E-state index >= 15 is 0 Å². The fourth-order valence-electron chi connectivity index (χ4n) is 1.12. The maximum Gasteiger partial charge on any atom is 0.159 e. The highest BCUT2D eigenvalue weighted by Crippen LogP contribution is 2.19. The van der Waals surface area contributed by atoms with E-state index in [-0.39, 0.29) is 5.78 Å². The van der Waals surface area contributed by atoms with Crippen LogP contribution in [0.3, 0.4) is 0 Å². The van der Waals surface area contributed by atoms with Crippen LogP contribution in [0.25, 0.3) is 0 Å². The number of rotatable bonds is 5. The van der Waals surface area contributed by atoms with Gasteiger partial charge in [0.05, 0.1) is 0 Å². The number of carbonyl (C=O) groups excluding carboxylic acids is 1. The fraction of sp³-hybridized carbons (Fsp3) is 0.417. The molecular formula is C12H16OS. The van der Waals surface area contributed by atoms with Crippen molar-refractivity contribution in [2.75, 3.05) is 5.75 Å². The lowest BCUT2D eigenvalue weighted by molar-refractivity contribution is 0.101. The van der Waals surface area contributed by atoms with Crippen LogP contribution in [0.2, 0.25) is 0 Å². The van der Waals surface area contributed by atoms with Gasteiger partial charge >= 0.3 is 0 Å². The quantitative estimate of drug-likeness (QED) is 0.416. The van der Waals surface area contributed by atoms with Crippen LogP contribution in [0.4, 0.5) is 0 Å². The number of hydrogen-bond donors (Lipinski definition) is 0. The molecule has 0 aliphatic carbocycles. The van der Waals surface area contributed by atoms with Crippen LogP contribution in [0.5, 0.6) is 0 Å². The number of benzene rings is 1. The normalized spacial score (nSPS) is 10.1. The van der Waals surface area contributed by atoms with Gasteiger partial charge in [0.2, 0.25) is 0 Å². The zero-order valence-corrected chi connectivity index (χ0v) is 9.56. The van der Waals surface area contributed by atoms with Gasteiger partial charge in [-0.15, -0.1) is 11.8 Å². The molecule has 1 aromatic carbocycles. The molecule has 1 aromatic rings. The molecule has 0 aliphatic rings. The van der Waals surface area contributed by atoms with Crippen LogP contribution in [0.1, 0.15) is 37.0 Å². The summed E-state index contributed by atoms with van der Waals surface area (Å²) in [5.41, 5.74) is 0.796. The summed E-state index contributed by atoms with van der Waals surface area (Å²) in [6.45, 7) is 3.79. The largest absolute Gasteiger partial charge is 0.295 e. The minimum atomic E-state index is 0.134. The van der Waals surface area contributed by atoms with Gasteiger partial charge < -0.3 is 0 Å². The third kappa shape index (κ3) is 3.54. The second kappa shape index (κ2) is 5.86. The van der Waals surface area contributed by atoms with Crippen LogP contribution in [-0.4, -0.2) is 11.5 Å². The monoisotopic (exact) mass is 208 g/mol. The Morgan fingerprint density at radius 1 is 1.29 bits per heavy atom. The molecule has 0 bridgehead atoms. The first-order chi connectivity index (χ1) is 6.74. The summed E-state index contributed by atoms with van der Waals surface area (Å²) < 4.78 is 0. The predicted octanol–water partition coefficient (Wildman–Crippen LogP) is 3.78. The van der Waals surface area contributed by atoms with Gasteiger partial charge in [0.1, 0.15) is 0 Å². The molecule has 0 saturated carbocycles. The highest BCUT2D eigenvalue weighted by molar-refractivity contribution is 7.99. The van der Waals surface area contributed by atoms with Crippen molar-refractivity contribution in [3.05, 3.63) is 29.8 Å². The molecule has 0 saturated heterocycles. The highest BCUT2D eigenvalue weighted by atomic mass is 32.2. The van der Waals surface area contributed by atoms with Crippen LogP contribution >= 0.6 is 11.8 Å². The van der Waals surface area contributed by atoms with Crippen molar-refractivity contribution in [2.45, 2.75) is 31.6 Å².